The van der Waals surface area contributed by atoms with Crippen LogP contribution in [0.25, 0.3) is 22.1 Å². The third kappa shape index (κ3) is 5.72. The fourth-order valence-corrected chi connectivity index (χ4v) is 6.29. The van der Waals surface area contributed by atoms with Gasteiger partial charge < -0.3 is 44.5 Å². The number of benzene rings is 2. The van der Waals surface area contributed by atoms with Crippen LogP contribution < -0.4 is 10.2 Å². The first-order valence-electron chi connectivity index (χ1n) is 14.8. The van der Waals surface area contributed by atoms with E-state index in [1.165, 1.54) is 18.4 Å². The molecule has 0 aliphatic carbocycles. The molecule has 6 rings (SSSR count). The lowest BCUT2D eigenvalue weighted by Crippen LogP contribution is -2.60. The fourth-order valence-electron chi connectivity index (χ4n) is 6.29. The van der Waals surface area contributed by atoms with Gasteiger partial charge in [0.2, 0.25) is 11.7 Å². The normalized spacial score (nSPS) is 26.8. The number of rotatable bonds is 8. The van der Waals surface area contributed by atoms with Crippen LogP contribution in [0.4, 0.5) is 0 Å². The predicted molar refractivity (Wildman–Crippen MR) is 155 cm³/mol. The van der Waals surface area contributed by atoms with Gasteiger partial charge in [-0.15, -0.1) is 0 Å². The molecule has 43 heavy (non-hydrogen) atoms. The minimum absolute atomic E-state index is 0.0281. The van der Waals surface area contributed by atoms with Crippen LogP contribution in [0.2, 0.25) is 0 Å². The molecule has 0 radical (unpaired) electrons. The highest BCUT2D eigenvalue weighted by Gasteiger charge is 2.44. The first-order valence-corrected chi connectivity index (χ1v) is 14.8. The van der Waals surface area contributed by atoms with Crippen molar-refractivity contribution in [1.82, 2.24) is 9.80 Å². The van der Waals surface area contributed by atoms with Crippen LogP contribution >= 0.6 is 0 Å². The van der Waals surface area contributed by atoms with Gasteiger partial charge in [-0.05, 0) is 69.6 Å². The lowest BCUT2D eigenvalue weighted by Gasteiger charge is -2.39. The summed E-state index contributed by atoms with van der Waals surface area (Å²) < 4.78 is 17.1. The molecular formula is C31H38N2O10. The number of nitrogens with zero attached hydrogens (tertiary/aromatic N) is 2. The second kappa shape index (κ2) is 12.4. The zero-order valence-electron chi connectivity index (χ0n) is 23.8. The van der Waals surface area contributed by atoms with Gasteiger partial charge in [0.15, 0.2) is 0 Å². The summed E-state index contributed by atoms with van der Waals surface area (Å²) in [6, 6.07) is 6.28. The maximum Gasteiger partial charge on any atom is 0.229 e. The summed E-state index contributed by atoms with van der Waals surface area (Å²) in [5.41, 5.74) is 1.24. The van der Waals surface area contributed by atoms with Gasteiger partial charge in [-0.25, -0.2) is 0 Å². The number of ether oxygens (including phenoxy) is 2. The summed E-state index contributed by atoms with van der Waals surface area (Å²) >= 11 is 0. The maximum absolute atomic E-state index is 13.9. The summed E-state index contributed by atoms with van der Waals surface area (Å²) in [6.45, 7) is 3.61. The number of likely N-dealkylation sites (tertiary alicyclic amines) is 2. The van der Waals surface area contributed by atoms with E-state index in [2.05, 4.69) is 9.80 Å². The fraction of sp³-hybridized carbons (Fsp3) is 0.516. The molecule has 0 unspecified atom stereocenters. The smallest absolute Gasteiger partial charge is 0.229 e. The SMILES string of the molecule is O=c1c(-c2ccc(O[C@@H]3O[C@H](CO)[C@@H](O)[C@H](O)[C@H]3O)cc2)coc2c(CN3CCCC3)c(O)c(CN3CCCC3)c(O)c12. The molecule has 3 saturated heterocycles. The summed E-state index contributed by atoms with van der Waals surface area (Å²) in [5.74, 6) is -0.0658. The highest BCUT2D eigenvalue weighted by molar-refractivity contribution is 5.92. The van der Waals surface area contributed by atoms with Gasteiger partial charge in [0.1, 0.15) is 58.9 Å². The summed E-state index contributed by atoms with van der Waals surface area (Å²) in [4.78, 5) is 18.3. The first-order chi connectivity index (χ1) is 20.8. The number of hydrogen-bond donors (Lipinski definition) is 6. The van der Waals surface area contributed by atoms with Crippen LogP contribution in [-0.4, -0.2) is 104 Å². The first kappa shape index (κ1) is 29.8. The molecule has 3 aliphatic rings. The van der Waals surface area contributed by atoms with E-state index in [1.54, 1.807) is 12.1 Å². The summed E-state index contributed by atoms with van der Waals surface area (Å²) in [7, 11) is 0. The number of aliphatic hydroxyl groups excluding tert-OH is 4. The second-order valence-corrected chi connectivity index (χ2v) is 11.6. The molecule has 0 spiro atoms. The standard InChI is InChI=1S/C31H38N2O10/c34-15-22-27(38)28(39)29(40)31(43-22)42-18-7-5-17(6-8-18)21-16-41-30-20(14-33-11-3-4-12-33)24(35)19(13-32-9-1-2-10-32)25(36)23(30)26(21)37/h5-8,16,22,27-29,31,34-36,38-40H,1-4,9-15H2/t22-,27-,28+,29-,31-/m1/s1. The molecule has 6 N–H and O–H groups in total. The largest absolute Gasteiger partial charge is 0.507 e. The quantitative estimate of drug-likeness (QED) is 0.219. The summed E-state index contributed by atoms with van der Waals surface area (Å²) in [5, 5.41) is 62.5. The minimum atomic E-state index is -1.57. The van der Waals surface area contributed by atoms with E-state index in [1.807, 2.05) is 0 Å². The average Bonchev–Trinajstić information content (AvgIpc) is 3.73. The van der Waals surface area contributed by atoms with E-state index in [4.69, 9.17) is 13.9 Å². The van der Waals surface area contributed by atoms with E-state index in [-0.39, 0.29) is 33.8 Å². The Kier molecular flexibility index (Phi) is 8.60. The van der Waals surface area contributed by atoms with E-state index in [0.717, 1.165) is 51.9 Å². The van der Waals surface area contributed by atoms with Crippen LogP contribution in [0, 0.1) is 0 Å². The molecule has 2 aromatic carbocycles. The van der Waals surface area contributed by atoms with Crippen molar-refractivity contribution < 1.29 is 44.5 Å². The number of aromatic hydroxyl groups is 2. The van der Waals surface area contributed by atoms with Crippen LogP contribution in [0.1, 0.15) is 36.8 Å². The molecule has 232 valence electrons. The zero-order chi connectivity index (χ0) is 30.2. The van der Waals surface area contributed by atoms with Crippen molar-refractivity contribution in [2.24, 2.45) is 0 Å². The Hall–Kier alpha value is -3.23. The highest BCUT2D eigenvalue weighted by atomic mass is 16.7. The number of hydrogen-bond acceptors (Lipinski definition) is 12. The molecule has 3 aliphatic heterocycles. The van der Waals surface area contributed by atoms with Gasteiger partial charge in [0.05, 0.1) is 23.3 Å². The van der Waals surface area contributed by atoms with Gasteiger partial charge in [-0.2, -0.15) is 0 Å². The lowest BCUT2D eigenvalue weighted by atomic mass is 9.98. The Morgan fingerprint density at radius 3 is 2.02 bits per heavy atom. The topological polar surface area (TPSA) is 177 Å². The van der Waals surface area contributed by atoms with E-state index in [9.17, 15) is 35.4 Å². The number of phenols is 2. The van der Waals surface area contributed by atoms with Crippen molar-refractivity contribution in [2.75, 3.05) is 32.8 Å². The third-order valence-electron chi connectivity index (χ3n) is 8.79. The van der Waals surface area contributed by atoms with Crippen LogP contribution in [0.5, 0.6) is 17.2 Å². The van der Waals surface area contributed by atoms with Crippen molar-refractivity contribution in [3.63, 3.8) is 0 Å². The number of phenolic OH excluding ortho intramolecular Hbond substituents is 2. The second-order valence-electron chi connectivity index (χ2n) is 11.6. The average molecular weight is 599 g/mol. The molecular weight excluding hydrogens is 560 g/mol. The van der Waals surface area contributed by atoms with Crippen LogP contribution in [-0.2, 0) is 17.8 Å². The van der Waals surface area contributed by atoms with Gasteiger partial charge >= 0.3 is 0 Å². The predicted octanol–water partition coefficient (Wildman–Crippen LogP) is 1.24. The maximum atomic E-state index is 13.9. The van der Waals surface area contributed by atoms with E-state index in [0.29, 0.717) is 29.8 Å². The molecule has 12 nitrogen and oxygen atoms in total. The molecule has 4 heterocycles. The van der Waals surface area contributed by atoms with E-state index < -0.39 is 42.7 Å². The highest BCUT2D eigenvalue weighted by Crippen LogP contribution is 2.41. The Balaban J connectivity index is 1.33. The van der Waals surface area contributed by atoms with Crippen molar-refractivity contribution >= 4 is 11.0 Å². The molecule has 0 saturated carbocycles. The number of aliphatic hydroxyl groups is 4. The molecule has 3 aromatic rings. The molecule has 1 aromatic heterocycles. The molecule has 0 bridgehead atoms. The Labute approximate surface area is 247 Å². The molecule has 0 amide bonds. The van der Waals surface area contributed by atoms with Gasteiger partial charge in [0, 0.05) is 13.1 Å². The van der Waals surface area contributed by atoms with Crippen molar-refractivity contribution in [3.05, 3.63) is 51.9 Å². The summed E-state index contributed by atoms with van der Waals surface area (Å²) in [6.07, 6.45) is -1.57. The lowest BCUT2D eigenvalue weighted by molar-refractivity contribution is -0.277. The van der Waals surface area contributed by atoms with Crippen molar-refractivity contribution in [2.45, 2.75) is 69.5 Å². The van der Waals surface area contributed by atoms with Crippen LogP contribution in [0.15, 0.2) is 39.7 Å². The van der Waals surface area contributed by atoms with Gasteiger partial charge in [-0.3, -0.25) is 14.6 Å². The molecule has 3 fully saturated rings. The Morgan fingerprint density at radius 1 is 0.814 bits per heavy atom. The Bertz CT molecular complexity index is 1500. The van der Waals surface area contributed by atoms with Crippen molar-refractivity contribution in [1.29, 1.82) is 0 Å². The van der Waals surface area contributed by atoms with E-state index >= 15 is 0 Å². The minimum Gasteiger partial charge on any atom is -0.507 e. The number of fused-ring (bicyclic) bond motifs is 1. The zero-order valence-corrected chi connectivity index (χ0v) is 23.8. The van der Waals surface area contributed by atoms with Gasteiger partial charge in [0.25, 0.3) is 0 Å². The van der Waals surface area contributed by atoms with Gasteiger partial charge in [-0.1, -0.05) is 12.1 Å². The third-order valence-corrected chi connectivity index (χ3v) is 8.79. The molecule has 5 atom stereocenters. The van der Waals surface area contributed by atoms with Crippen LogP contribution in [0.3, 0.4) is 0 Å². The Morgan fingerprint density at radius 2 is 1.42 bits per heavy atom. The molecule has 12 heteroatoms. The monoisotopic (exact) mass is 598 g/mol. The van der Waals surface area contributed by atoms with Crippen molar-refractivity contribution in [3.8, 4) is 28.4 Å².